The highest BCUT2D eigenvalue weighted by Crippen LogP contribution is 2.28. The van der Waals surface area contributed by atoms with Crippen molar-refractivity contribution in [3.63, 3.8) is 0 Å². The van der Waals surface area contributed by atoms with Crippen LogP contribution in [-0.4, -0.2) is 19.6 Å². The van der Waals surface area contributed by atoms with Crippen molar-refractivity contribution >= 4 is 5.90 Å². The molecule has 0 aromatic carbocycles. The second-order valence-corrected chi connectivity index (χ2v) is 3.89. The molecule has 1 aliphatic heterocycles. The van der Waals surface area contributed by atoms with Crippen molar-refractivity contribution in [2.45, 2.75) is 33.1 Å². The Morgan fingerprint density at radius 1 is 1.36 bits per heavy atom. The van der Waals surface area contributed by atoms with E-state index in [2.05, 4.69) is 18.8 Å². The summed E-state index contributed by atoms with van der Waals surface area (Å²) in [5, 5.41) is 0. The summed E-state index contributed by atoms with van der Waals surface area (Å²) in [5.41, 5.74) is 0.448. The minimum absolute atomic E-state index is 0.448. The van der Waals surface area contributed by atoms with Crippen LogP contribution >= 0.6 is 0 Å². The van der Waals surface area contributed by atoms with E-state index in [1.165, 1.54) is 12.8 Å². The van der Waals surface area contributed by atoms with Gasteiger partial charge < -0.3 is 4.74 Å². The number of rotatable bonds is 0. The fourth-order valence-electron chi connectivity index (χ4n) is 1.30. The van der Waals surface area contributed by atoms with Gasteiger partial charge in [-0.1, -0.05) is 13.8 Å². The molecular weight excluding hydrogens is 138 g/mol. The Labute approximate surface area is 68.7 Å². The molecule has 2 nitrogen and oxygen atoms in total. The Bertz CT molecular complexity index is 161. The van der Waals surface area contributed by atoms with Gasteiger partial charge in [-0.05, 0) is 18.3 Å². The zero-order chi connectivity index (χ0) is 8.32. The number of ether oxygens (including phenoxy) is 1. The molecule has 0 saturated heterocycles. The topological polar surface area (TPSA) is 21.6 Å². The van der Waals surface area contributed by atoms with Crippen molar-refractivity contribution in [3.05, 3.63) is 0 Å². The van der Waals surface area contributed by atoms with Crippen LogP contribution < -0.4 is 0 Å². The van der Waals surface area contributed by atoms with E-state index in [9.17, 15) is 0 Å². The van der Waals surface area contributed by atoms with Gasteiger partial charge in [0.25, 0.3) is 0 Å². The van der Waals surface area contributed by atoms with Gasteiger partial charge in [0.15, 0.2) is 5.90 Å². The highest BCUT2D eigenvalue weighted by Gasteiger charge is 2.20. The first-order valence-corrected chi connectivity index (χ1v) is 4.21. The highest BCUT2D eigenvalue weighted by atomic mass is 16.5. The normalized spacial score (nSPS) is 23.7. The number of nitrogens with zero attached hydrogens (tertiary/aromatic N) is 1. The summed E-state index contributed by atoms with van der Waals surface area (Å²) < 4.78 is 5.11. The lowest BCUT2D eigenvalue weighted by atomic mass is 9.85. The SMILES string of the molecule is COC1=NCCC(C)(C)CC1. The van der Waals surface area contributed by atoms with E-state index in [1.54, 1.807) is 7.11 Å². The molecule has 0 bridgehead atoms. The van der Waals surface area contributed by atoms with Crippen molar-refractivity contribution in [2.24, 2.45) is 10.4 Å². The molecular formula is C9H17NO. The largest absolute Gasteiger partial charge is 0.484 e. The lowest BCUT2D eigenvalue weighted by Crippen LogP contribution is -2.11. The van der Waals surface area contributed by atoms with E-state index in [-0.39, 0.29) is 0 Å². The maximum atomic E-state index is 5.11. The monoisotopic (exact) mass is 155 g/mol. The Morgan fingerprint density at radius 2 is 2.09 bits per heavy atom. The van der Waals surface area contributed by atoms with Gasteiger partial charge in [0.05, 0.1) is 7.11 Å². The Morgan fingerprint density at radius 3 is 2.73 bits per heavy atom. The molecule has 0 amide bonds. The van der Waals surface area contributed by atoms with E-state index in [0.29, 0.717) is 5.41 Å². The van der Waals surface area contributed by atoms with Crippen LogP contribution in [-0.2, 0) is 4.74 Å². The molecule has 0 atom stereocenters. The average Bonchev–Trinajstić information content (AvgIpc) is 2.10. The van der Waals surface area contributed by atoms with Gasteiger partial charge in [0.1, 0.15) is 0 Å². The lowest BCUT2D eigenvalue weighted by molar-refractivity contribution is 0.318. The van der Waals surface area contributed by atoms with Crippen molar-refractivity contribution in [2.75, 3.05) is 13.7 Å². The molecule has 0 N–H and O–H groups in total. The van der Waals surface area contributed by atoms with Gasteiger partial charge in [0, 0.05) is 13.0 Å². The molecule has 1 aliphatic rings. The summed E-state index contributed by atoms with van der Waals surface area (Å²) in [7, 11) is 1.71. The van der Waals surface area contributed by atoms with Crippen LogP contribution in [0.1, 0.15) is 33.1 Å². The summed E-state index contributed by atoms with van der Waals surface area (Å²) in [6.07, 6.45) is 3.38. The van der Waals surface area contributed by atoms with Crippen molar-refractivity contribution in [3.8, 4) is 0 Å². The fraction of sp³-hybridized carbons (Fsp3) is 0.889. The Kier molecular flexibility index (Phi) is 2.53. The smallest absolute Gasteiger partial charge is 0.182 e. The van der Waals surface area contributed by atoms with Gasteiger partial charge in [-0.15, -0.1) is 0 Å². The summed E-state index contributed by atoms with van der Waals surface area (Å²) in [6.45, 7) is 5.51. The molecule has 0 fully saturated rings. The number of methoxy groups -OCH3 is 1. The maximum absolute atomic E-state index is 5.11. The van der Waals surface area contributed by atoms with Crippen LogP contribution in [0.25, 0.3) is 0 Å². The first-order valence-electron chi connectivity index (χ1n) is 4.21. The van der Waals surface area contributed by atoms with E-state index in [1.807, 2.05) is 0 Å². The molecule has 0 unspecified atom stereocenters. The Balaban J connectivity index is 2.50. The third-order valence-corrected chi connectivity index (χ3v) is 2.33. The van der Waals surface area contributed by atoms with Gasteiger partial charge >= 0.3 is 0 Å². The summed E-state index contributed by atoms with van der Waals surface area (Å²) >= 11 is 0. The molecule has 0 radical (unpaired) electrons. The summed E-state index contributed by atoms with van der Waals surface area (Å²) in [4.78, 5) is 4.33. The molecule has 0 aromatic heterocycles. The van der Waals surface area contributed by atoms with Crippen LogP contribution in [0.2, 0.25) is 0 Å². The Hall–Kier alpha value is -0.530. The zero-order valence-electron chi connectivity index (χ0n) is 7.68. The van der Waals surface area contributed by atoms with Crippen molar-refractivity contribution < 1.29 is 4.74 Å². The van der Waals surface area contributed by atoms with E-state index >= 15 is 0 Å². The number of hydrogen-bond donors (Lipinski definition) is 0. The zero-order valence-corrected chi connectivity index (χ0v) is 7.68. The van der Waals surface area contributed by atoms with Crippen LogP contribution in [0.4, 0.5) is 0 Å². The first-order chi connectivity index (χ1) is 5.14. The van der Waals surface area contributed by atoms with Crippen molar-refractivity contribution in [1.29, 1.82) is 0 Å². The van der Waals surface area contributed by atoms with Crippen LogP contribution in [0.15, 0.2) is 4.99 Å². The predicted octanol–water partition coefficient (Wildman–Crippen LogP) is 2.24. The summed E-state index contributed by atoms with van der Waals surface area (Å²) in [6, 6.07) is 0. The second kappa shape index (κ2) is 3.24. The van der Waals surface area contributed by atoms with Crippen LogP contribution in [0.3, 0.4) is 0 Å². The molecule has 1 heterocycles. The number of hydrogen-bond acceptors (Lipinski definition) is 2. The lowest BCUT2D eigenvalue weighted by Gasteiger charge is -2.20. The first kappa shape index (κ1) is 8.57. The molecule has 0 saturated carbocycles. The van der Waals surface area contributed by atoms with Gasteiger partial charge in [-0.3, -0.25) is 4.99 Å². The predicted molar refractivity (Wildman–Crippen MR) is 46.9 cm³/mol. The van der Waals surface area contributed by atoms with Gasteiger partial charge in [-0.25, -0.2) is 0 Å². The van der Waals surface area contributed by atoms with Crippen LogP contribution in [0, 0.1) is 5.41 Å². The summed E-state index contributed by atoms with van der Waals surface area (Å²) in [5.74, 6) is 0.926. The third-order valence-electron chi connectivity index (χ3n) is 2.33. The van der Waals surface area contributed by atoms with E-state index < -0.39 is 0 Å². The highest BCUT2D eigenvalue weighted by molar-refractivity contribution is 5.76. The minimum Gasteiger partial charge on any atom is -0.484 e. The second-order valence-electron chi connectivity index (χ2n) is 3.89. The molecule has 1 rings (SSSR count). The standard InChI is InChI=1S/C9H17NO/c1-9(2)5-4-8(11-3)10-7-6-9/h4-7H2,1-3H3. The van der Waals surface area contributed by atoms with E-state index in [4.69, 9.17) is 4.74 Å². The fourth-order valence-corrected chi connectivity index (χ4v) is 1.30. The van der Waals surface area contributed by atoms with Crippen LogP contribution in [0.5, 0.6) is 0 Å². The van der Waals surface area contributed by atoms with Crippen molar-refractivity contribution in [1.82, 2.24) is 0 Å². The third kappa shape index (κ3) is 2.52. The molecule has 2 heteroatoms. The van der Waals surface area contributed by atoms with E-state index in [0.717, 1.165) is 18.9 Å². The number of aliphatic imine (C=N–C) groups is 1. The molecule has 0 aromatic rings. The average molecular weight is 155 g/mol. The minimum atomic E-state index is 0.448. The van der Waals surface area contributed by atoms with Gasteiger partial charge in [-0.2, -0.15) is 0 Å². The van der Waals surface area contributed by atoms with Gasteiger partial charge in [0.2, 0.25) is 0 Å². The maximum Gasteiger partial charge on any atom is 0.182 e. The molecule has 0 spiro atoms. The quantitative estimate of drug-likeness (QED) is 0.525. The molecule has 11 heavy (non-hydrogen) atoms. The molecule has 0 aliphatic carbocycles. The molecule has 64 valence electrons.